The van der Waals surface area contributed by atoms with Gasteiger partial charge in [-0.15, -0.1) is 0 Å². The van der Waals surface area contributed by atoms with Crippen LogP contribution in [-0.4, -0.2) is 25.4 Å². The number of ether oxygens (including phenoxy) is 1. The van der Waals surface area contributed by atoms with Crippen LogP contribution in [0.15, 0.2) is 18.2 Å². The van der Waals surface area contributed by atoms with Crippen LogP contribution in [0.4, 0.5) is 5.69 Å². The van der Waals surface area contributed by atoms with E-state index in [-0.39, 0.29) is 12.5 Å². The Morgan fingerprint density at radius 2 is 2.25 bits per heavy atom. The first-order valence-electron chi connectivity index (χ1n) is 5.39. The van der Waals surface area contributed by atoms with Gasteiger partial charge in [0, 0.05) is 19.2 Å². The van der Waals surface area contributed by atoms with Gasteiger partial charge >= 0.3 is 0 Å². The maximum absolute atomic E-state index is 9.06. The highest BCUT2D eigenvalue weighted by Crippen LogP contribution is 2.26. The Kier molecular flexibility index (Phi) is 5.43. The lowest BCUT2D eigenvalue weighted by Crippen LogP contribution is -2.17. The third kappa shape index (κ3) is 3.58. The molecule has 0 aliphatic carbocycles. The van der Waals surface area contributed by atoms with Crippen molar-refractivity contribution in [1.29, 1.82) is 0 Å². The number of hydrogen-bond donors (Lipinski definition) is 2. The van der Waals surface area contributed by atoms with Crippen molar-refractivity contribution in [2.24, 2.45) is 5.92 Å². The molecule has 0 radical (unpaired) electrons. The first-order valence-corrected chi connectivity index (χ1v) is 5.77. The van der Waals surface area contributed by atoms with Crippen molar-refractivity contribution in [2.45, 2.75) is 13.3 Å². The van der Waals surface area contributed by atoms with Crippen molar-refractivity contribution in [2.75, 3.05) is 25.6 Å². The minimum absolute atomic E-state index is 0.192. The Labute approximate surface area is 101 Å². The summed E-state index contributed by atoms with van der Waals surface area (Å²) < 4.78 is 5.07. The van der Waals surface area contributed by atoms with E-state index >= 15 is 0 Å². The van der Waals surface area contributed by atoms with E-state index in [4.69, 9.17) is 21.4 Å². The molecule has 0 saturated heterocycles. The molecule has 0 fully saturated rings. The van der Waals surface area contributed by atoms with Crippen LogP contribution in [0.3, 0.4) is 0 Å². The summed E-state index contributed by atoms with van der Waals surface area (Å²) in [5.41, 5.74) is 0.870. The second-order valence-corrected chi connectivity index (χ2v) is 4.09. The van der Waals surface area contributed by atoms with E-state index in [0.717, 1.165) is 24.4 Å². The van der Waals surface area contributed by atoms with Crippen molar-refractivity contribution in [3.8, 4) is 5.75 Å². The number of nitrogens with one attached hydrogen (secondary N) is 1. The highest BCUT2D eigenvalue weighted by molar-refractivity contribution is 6.33. The van der Waals surface area contributed by atoms with Crippen molar-refractivity contribution in [1.82, 2.24) is 0 Å². The number of hydrogen-bond acceptors (Lipinski definition) is 3. The Morgan fingerprint density at radius 1 is 1.50 bits per heavy atom. The highest BCUT2D eigenvalue weighted by atomic mass is 35.5. The van der Waals surface area contributed by atoms with Gasteiger partial charge in [0.1, 0.15) is 5.75 Å². The van der Waals surface area contributed by atoms with Gasteiger partial charge in [-0.3, -0.25) is 0 Å². The summed E-state index contributed by atoms with van der Waals surface area (Å²) in [7, 11) is 1.61. The van der Waals surface area contributed by atoms with Crippen molar-refractivity contribution < 1.29 is 9.84 Å². The Morgan fingerprint density at radius 3 is 2.75 bits per heavy atom. The molecule has 0 saturated carbocycles. The average Bonchev–Trinajstić information content (AvgIpc) is 2.32. The zero-order valence-electron chi connectivity index (χ0n) is 9.66. The maximum atomic E-state index is 9.06. The zero-order valence-corrected chi connectivity index (χ0v) is 10.4. The molecule has 1 atom stereocenters. The molecule has 0 spiro atoms. The molecule has 4 heteroatoms. The van der Waals surface area contributed by atoms with E-state index in [9.17, 15) is 0 Å². The Balaban J connectivity index is 2.60. The van der Waals surface area contributed by atoms with Gasteiger partial charge in [-0.25, -0.2) is 0 Å². The van der Waals surface area contributed by atoms with Gasteiger partial charge in [-0.2, -0.15) is 0 Å². The summed E-state index contributed by atoms with van der Waals surface area (Å²) in [6, 6.07) is 5.50. The quantitative estimate of drug-likeness (QED) is 0.807. The molecule has 0 bridgehead atoms. The molecule has 90 valence electrons. The lowest BCUT2D eigenvalue weighted by Gasteiger charge is -2.15. The number of benzene rings is 1. The van der Waals surface area contributed by atoms with Crippen LogP contribution in [0, 0.1) is 5.92 Å². The third-order valence-electron chi connectivity index (χ3n) is 2.59. The first-order chi connectivity index (χ1) is 7.71. The van der Waals surface area contributed by atoms with Gasteiger partial charge in [0.15, 0.2) is 0 Å². The fraction of sp³-hybridized carbons (Fsp3) is 0.500. The van der Waals surface area contributed by atoms with Crippen LogP contribution in [0.25, 0.3) is 0 Å². The van der Waals surface area contributed by atoms with Gasteiger partial charge < -0.3 is 15.2 Å². The molecule has 2 N–H and O–H groups in total. The SMILES string of the molecule is CCC(CO)CNc1ccc(OC)cc1Cl. The number of halogens is 1. The van der Waals surface area contributed by atoms with E-state index in [1.54, 1.807) is 13.2 Å². The summed E-state index contributed by atoms with van der Waals surface area (Å²) in [5, 5.41) is 12.9. The largest absolute Gasteiger partial charge is 0.497 e. The zero-order chi connectivity index (χ0) is 12.0. The number of methoxy groups -OCH3 is 1. The highest BCUT2D eigenvalue weighted by Gasteiger charge is 2.06. The molecule has 0 heterocycles. The molecule has 3 nitrogen and oxygen atoms in total. The van der Waals surface area contributed by atoms with Gasteiger partial charge in [0.25, 0.3) is 0 Å². The number of aliphatic hydroxyl groups is 1. The summed E-state index contributed by atoms with van der Waals surface area (Å²) in [5.74, 6) is 1.00. The van der Waals surface area contributed by atoms with Crippen molar-refractivity contribution in [3.05, 3.63) is 23.2 Å². The summed E-state index contributed by atoms with van der Waals surface area (Å²) >= 11 is 6.07. The second kappa shape index (κ2) is 6.61. The van der Waals surface area contributed by atoms with Crippen LogP contribution < -0.4 is 10.1 Å². The van der Waals surface area contributed by atoms with Gasteiger partial charge in [-0.1, -0.05) is 18.5 Å². The average molecular weight is 244 g/mol. The molecule has 1 aromatic carbocycles. The van der Waals surface area contributed by atoms with Crippen LogP contribution >= 0.6 is 11.6 Å². The Hall–Kier alpha value is -0.930. The first kappa shape index (κ1) is 13.1. The predicted octanol–water partition coefficient (Wildman–Crippen LogP) is 2.78. The van der Waals surface area contributed by atoms with Crippen LogP contribution in [0.1, 0.15) is 13.3 Å². The normalized spacial score (nSPS) is 12.2. The molecular formula is C12H18ClNO2. The van der Waals surface area contributed by atoms with E-state index in [1.165, 1.54) is 0 Å². The van der Waals surface area contributed by atoms with Crippen molar-refractivity contribution in [3.63, 3.8) is 0 Å². The predicted molar refractivity (Wildman–Crippen MR) is 67.4 cm³/mol. The van der Waals surface area contributed by atoms with Crippen LogP contribution in [0.2, 0.25) is 5.02 Å². The standard InChI is InChI=1S/C12H18ClNO2/c1-3-9(8-15)7-14-12-5-4-10(16-2)6-11(12)13/h4-6,9,14-15H,3,7-8H2,1-2H3. The molecular weight excluding hydrogens is 226 g/mol. The molecule has 0 aliphatic heterocycles. The fourth-order valence-corrected chi connectivity index (χ4v) is 1.60. The molecule has 0 amide bonds. The molecule has 16 heavy (non-hydrogen) atoms. The molecule has 0 aromatic heterocycles. The van der Waals surface area contributed by atoms with Gasteiger partial charge in [-0.05, 0) is 24.5 Å². The number of anilines is 1. The van der Waals surface area contributed by atoms with Crippen LogP contribution in [0.5, 0.6) is 5.75 Å². The molecule has 1 rings (SSSR count). The topological polar surface area (TPSA) is 41.5 Å². The van der Waals surface area contributed by atoms with Crippen LogP contribution in [-0.2, 0) is 0 Å². The monoisotopic (exact) mass is 243 g/mol. The number of rotatable bonds is 6. The van der Waals surface area contributed by atoms with E-state index in [2.05, 4.69) is 12.2 Å². The van der Waals surface area contributed by atoms with E-state index < -0.39 is 0 Å². The maximum Gasteiger partial charge on any atom is 0.120 e. The Bertz CT molecular complexity index is 327. The second-order valence-electron chi connectivity index (χ2n) is 3.68. The molecule has 1 aromatic rings. The van der Waals surface area contributed by atoms with Gasteiger partial charge in [0.05, 0.1) is 17.8 Å². The molecule has 0 aliphatic rings. The minimum atomic E-state index is 0.192. The van der Waals surface area contributed by atoms with E-state index in [1.807, 2.05) is 12.1 Å². The lowest BCUT2D eigenvalue weighted by molar-refractivity contribution is 0.230. The third-order valence-corrected chi connectivity index (χ3v) is 2.91. The van der Waals surface area contributed by atoms with E-state index in [0.29, 0.717) is 5.02 Å². The lowest BCUT2D eigenvalue weighted by atomic mass is 10.1. The fourth-order valence-electron chi connectivity index (χ4n) is 1.36. The summed E-state index contributed by atoms with van der Waals surface area (Å²) in [4.78, 5) is 0. The van der Waals surface area contributed by atoms with Crippen molar-refractivity contribution >= 4 is 17.3 Å². The smallest absolute Gasteiger partial charge is 0.120 e. The summed E-state index contributed by atoms with van der Waals surface area (Å²) in [6.07, 6.45) is 0.942. The molecule has 1 unspecified atom stereocenters. The van der Waals surface area contributed by atoms with Gasteiger partial charge in [0.2, 0.25) is 0 Å². The summed E-state index contributed by atoms with van der Waals surface area (Å²) in [6.45, 7) is 2.97. The minimum Gasteiger partial charge on any atom is -0.497 e. The number of aliphatic hydroxyl groups excluding tert-OH is 1.